The molecule has 1 amide bonds. The summed E-state index contributed by atoms with van der Waals surface area (Å²) in [7, 11) is -3.61. The van der Waals surface area contributed by atoms with E-state index < -0.39 is 15.4 Å². The highest BCUT2D eigenvalue weighted by Gasteiger charge is 2.18. The maximum absolute atomic E-state index is 11.8. The Hall–Kier alpha value is -2.28. The van der Waals surface area contributed by atoms with Gasteiger partial charge in [-0.3, -0.25) is 4.79 Å². The number of carbonyl (C=O) groups excluding carboxylic acids is 1. The first-order chi connectivity index (χ1) is 11.3. The molecule has 0 fully saturated rings. The first-order valence-electron chi connectivity index (χ1n) is 7.58. The fourth-order valence-electron chi connectivity index (χ4n) is 1.97. The lowest BCUT2D eigenvalue weighted by molar-refractivity contribution is -0.130. The molecule has 0 aliphatic rings. The van der Waals surface area contributed by atoms with Crippen LogP contribution in [-0.4, -0.2) is 24.5 Å². The van der Waals surface area contributed by atoms with E-state index in [4.69, 9.17) is 8.60 Å². The van der Waals surface area contributed by atoms with Gasteiger partial charge in [0, 0.05) is 13.5 Å². The number of amides is 1. The normalized spacial score (nSPS) is 11.5. The lowest BCUT2D eigenvalue weighted by Crippen LogP contribution is -2.27. The molecule has 0 radical (unpaired) electrons. The highest BCUT2D eigenvalue weighted by atomic mass is 32.2. The summed E-state index contributed by atoms with van der Waals surface area (Å²) in [4.78, 5) is 13.4. The Balaban J connectivity index is 2.05. The molecule has 7 heteroatoms. The number of hydrogen-bond donors (Lipinski definition) is 0. The van der Waals surface area contributed by atoms with Crippen molar-refractivity contribution in [3.63, 3.8) is 0 Å². The highest BCUT2D eigenvalue weighted by molar-refractivity contribution is 7.87. The largest absolute Gasteiger partial charge is 0.467 e. The zero-order valence-corrected chi connectivity index (χ0v) is 14.7. The van der Waals surface area contributed by atoms with Crippen LogP contribution in [0.15, 0.2) is 47.1 Å². The van der Waals surface area contributed by atoms with Crippen LogP contribution in [0.1, 0.15) is 32.1 Å². The van der Waals surface area contributed by atoms with Gasteiger partial charge in [0.1, 0.15) is 11.5 Å². The van der Waals surface area contributed by atoms with Crippen LogP contribution in [0.2, 0.25) is 0 Å². The van der Waals surface area contributed by atoms with Gasteiger partial charge in [0.05, 0.1) is 18.1 Å². The quantitative estimate of drug-likeness (QED) is 0.717. The number of carbonyl (C=O) groups is 1. The minimum absolute atomic E-state index is 0.0749. The van der Waals surface area contributed by atoms with Gasteiger partial charge in [0.2, 0.25) is 5.91 Å². The second kappa shape index (κ2) is 7.53. The Kier molecular flexibility index (Phi) is 5.66. The van der Waals surface area contributed by atoms with Crippen molar-refractivity contribution in [2.24, 2.45) is 0 Å². The smallest absolute Gasteiger partial charge is 0.311 e. The van der Waals surface area contributed by atoms with Crippen LogP contribution in [0.5, 0.6) is 5.75 Å². The van der Waals surface area contributed by atoms with E-state index in [0.29, 0.717) is 18.8 Å². The topological polar surface area (TPSA) is 76.8 Å². The van der Waals surface area contributed by atoms with Crippen LogP contribution in [0.3, 0.4) is 0 Å². The summed E-state index contributed by atoms with van der Waals surface area (Å²) < 4.78 is 33.8. The Morgan fingerprint density at radius 2 is 1.83 bits per heavy atom. The van der Waals surface area contributed by atoms with Crippen molar-refractivity contribution in [2.45, 2.75) is 39.1 Å². The summed E-state index contributed by atoms with van der Waals surface area (Å²) in [5.74, 6) is 0.884. The average molecular weight is 351 g/mol. The van der Waals surface area contributed by atoms with E-state index in [1.807, 2.05) is 6.07 Å². The Labute approximate surface area is 142 Å². The van der Waals surface area contributed by atoms with Crippen LogP contribution in [0.25, 0.3) is 0 Å². The van der Waals surface area contributed by atoms with Crippen LogP contribution in [-0.2, 0) is 28.0 Å². The lowest BCUT2D eigenvalue weighted by Gasteiger charge is -2.20. The van der Waals surface area contributed by atoms with E-state index >= 15 is 0 Å². The van der Waals surface area contributed by atoms with Crippen molar-refractivity contribution < 1.29 is 21.8 Å². The molecule has 0 saturated heterocycles. The van der Waals surface area contributed by atoms with Crippen LogP contribution < -0.4 is 4.18 Å². The third-order valence-electron chi connectivity index (χ3n) is 3.46. The van der Waals surface area contributed by atoms with Crippen molar-refractivity contribution in [3.05, 3.63) is 54.0 Å². The fourth-order valence-corrected chi connectivity index (χ4v) is 2.54. The van der Waals surface area contributed by atoms with E-state index in [1.54, 1.807) is 55.3 Å². The molecule has 2 rings (SSSR count). The summed E-state index contributed by atoms with van der Waals surface area (Å²) >= 11 is 0. The van der Waals surface area contributed by atoms with Crippen molar-refractivity contribution in [3.8, 4) is 5.75 Å². The molecule has 0 aliphatic carbocycles. The number of hydrogen-bond acceptors (Lipinski definition) is 5. The summed E-state index contributed by atoms with van der Waals surface area (Å²) in [6, 6.07) is 10.2. The first-order valence-corrected chi connectivity index (χ1v) is 9.05. The minimum atomic E-state index is -3.61. The van der Waals surface area contributed by atoms with Gasteiger partial charge in [0.25, 0.3) is 0 Å². The zero-order valence-electron chi connectivity index (χ0n) is 13.9. The van der Waals surface area contributed by atoms with Gasteiger partial charge in [-0.05, 0) is 43.7 Å². The summed E-state index contributed by atoms with van der Waals surface area (Å²) in [5.41, 5.74) is 0.867. The predicted molar refractivity (Wildman–Crippen MR) is 89.8 cm³/mol. The van der Waals surface area contributed by atoms with Crippen molar-refractivity contribution >= 4 is 16.0 Å². The monoisotopic (exact) mass is 351 g/mol. The van der Waals surface area contributed by atoms with E-state index in [2.05, 4.69) is 0 Å². The zero-order chi connectivity index (χ0) is 17.7. The molecule has 1 aromatic heterocycles. The molecule has 130 valence electrons. The Morgan fingerprint density at radius 3 is 2.33 bits per heavy atom. The number of benzene rings is 1. The number of rotatable bonds is 7. The molecule has 0 aliphatic heterocycles. The standard InChI is InChI=1S/C17H21NO5S/c1-13(2)24(20,21)23-16-8-6-15(7-9-16)11-18(14(3)19)12-17-5-4-10-22-17/h4-10,13H,11-12H2,1-3H3. The summed E-state index contributed by atoms with van der Waals surface area (Å²) in [6.45, 7) is 5.39. The molecule has 24 heavy (non-hydrogen) atoms. The van der Waals surface area contributed by atoms with Gasteiger partial charge in [0.15, 0.2) is 0 Å². The van der Waals surface area contributed by atoms with Gasteiger partial charge in [-0.25, -0.2) is 0 Å². The minimum Gasteiger partial charge on any atom is -0.467 e. The van der Waals surface area contributed by atoms with Crippen LogP contribution in [0, 0.1) is 0 Å². The van der Waals surface area contributed by atoms with E-state index in [9.17, 15) is 13.2 Å². The maximum atomic E-state index is 11.8. The van der Waals surface area contributed by atoms with E-state index in [1.165, 1.54) is 6.92 Å². The Bertz CT molecular complexity index is 764. The summed E-state index contributed by atoms with van der Waals surface area (Å²) in [5, 5.41) is -0.612. The molecule has 0 unspecified atom stereocenters. The average Bonchev–Trinajstić information content (AvgIpc) is 3.01. The van der Waals surface area contributed by atoms with E-state index in [0.717, 1.165) is 5.56 Å². The highest BCUT2D eigenvalue weighted by Crippen LogP contribution is 2.18. The first kappa shape index (κ1) is 18.1. The van der Waals surface area contributed by atoms with E-state index in [-0.39, 0.29) is 11.7 Å². The molecule has 0 atom stereocenters. The lowest BCUT2D eigenvalue weighted by atomic mass is 10.2. The molecular weight excluding hydrogens is 330 g/mol. The van der Waals surface area contributed by atoms with Crippen LogP contribution >= 0.6 is 0 Å². The third kappa shape index (κ3) is 4.86. The van der Waals surface area contributed by atoms with Crippen LogP contribution in [0.4, 0.5) is 0 Å². The summed E-state index contributed by atoms with van der Waals surface area (Å²) in [6.07, 6.45) is 1.56. The molecule has 2 aromatic rings. The van der Waals surface area contributed by atoms with Gasteiger partial charge >= 0.3 is 10.1 Å². The SMILES string of the molecule is CC(=O)N(Cc1ccc(OS(=O)(=O)C(C)C)cc1)Cc1ccco1. The van der Waals surface area contributed by atoms with Gasteiger partial charge in [-0.15, -0.1) is 0 Å². The number of furan rings is 1. The third-order valence-corrected chi connectivity index (χ3v) is 5.04. The molecule has 1 heterocycles. The molecular formula is C17H21NO5S. The van der Waals surface area contributed by atoms with Crippen molar-refractivity contribution in [1.82, 2.24) is 4.90 Å². The van der Waals surface area contributed by atoms with Gasteiger partial charge in [-0.1, -0.05) is 12.1 Å². The number of nitrogens with zero attached hydrogens (tertiary/aromatic N) is 1. The Morgan fingerprint density at radius 1 is 1.17 bits per heavy atom. The second-order valence-corrected chi connectivity index (χ2v) is 7.82. The van der Waals surface area contributed by atoms with Crippen molar-refractivity contribution in [1.29, 1.82) is 0 Å². The second-order valence-electron chi connectivity index (χ2n) is 5.72. The maximum Gasteiger partial charge on any atom is 0.311 e. The predicted octanol–water partition coefficient (Wildman–Crippen LogP) is 2.95. The van der Waals surface area contributed by atoms with Gasteiger partial charge in [-0.2, -0.15) is 8.42 Å². The molecule has 0 spiro atoms. The molecule has 0 bridgehead atoms. The van der Waals surface area contributed by atoms with Crippen molar-refractivity contribution in [2.75, 3.05) is 0 Å². The molecule has 0 saturated carbocycles. The molecule has 0 N–H and O–H groups in total. The molecule has 1 aromatic carbocycles. The fraction of sp³-hybridized carbons (Fsp3) is 0.353. The van der Waals surface area contributed by atoms with Gasteiger partial charge < -0.3 is 13.5 Å². The molecule has 6 nitrogen and oxygen atoms in total.